The van der Waals surface area contributed by atoms with Crippen LogP contribution in [0.1, 0.15) is 69.4 Å². The third kappa shape index (κ3) is 6.59. The molecule has 0 spiro atoms. The van der Waals surface area contributed by atoms with Crippen LogP contribution >= 0.6 is 0 Å². The van der Waals surface area contributed by atoms with Crippen molar-refractivity contribution in [2.45, 2.75) is 70.4 Å². The van der Waals surface area contributed by atoms with Gasteiger partial charge in [0.05, 0.1) is 6.42 Å². The zero-order valence-corrected chi connectivity index (χ0v) is 19.9. The standard InChI is InChI=1S/C27H34N2O5/c1-3-5-10-19(15-25(30)28-18(4-2)16-26(31)32)29-27(33)34-17-24-22-13-8-6-11-20(22)21-12-7-9-14-23(21)24/h6-9,11-14,18-19,24H,3-5,10,15-17H2,1-2H3,(H,28,30)(H,29,33)(H,31,32)/t18-,19+/m1/s1. The predicted octanol–water partition coefficient (Wildman–Crippen LogP) is 4.84. The summed E-state index contributed by atoms with van der Waals surface area (Å²) in [6.07, 6.45) is 2.37. The molecule has 0 bridgehead atoms. The minimum atomic E-state index is -0.952. The van der Waals surface area contributed by atoms with E-state index in [0.29, 0.717) is 12.8 Å². The van der Waals surface area contributed by atoms with Gasteiger partial charge in [-0.05, 0) is 35.1 Å². The fourth-order valence-corrected chi connectivity index (χ4v) is 4.50. The van der Waals surface area contributed by atoms with Crippen molar-refractivity contribution < 1.29 is 24.2 Å². The lowest BCUT2D eigenvalue weighted by atomic mass is 9.98. The molecule has 7 nitrogen and oxygen atoms in total. The summed E-state index contributed by atoms with van der Waals surface area (Å²) in [6, 6.07) is 15.5. The van der Waals surface area contributed by atoms with Gasteiger partial charge in [0.1, 0.15) is 6.61 Å². The first kappa shape index (κ1) is 25.3. The number of carboxylic acid groups (broad SMARTS) is 1. The maximum absolute atomic E-state index is 12.7. The van der Waals surface area contributed by atoms with E-state index >= 15 is 0 Å². The Bertz CT molecular complexity index is 961. The fourth-order valence-electron chi connectivity index (χ4n) is 4.50. The van der Waals surface area contributed by atoms with Crippen molar-refractivity contribution in [3.8, 4) is 11.1 Å². The highest BCUT2D eigenvalue weighted by atomic mass is 16.5. The summed E-state index contributed by atoms with van der Waals surface area (Å²) in [7, 11) is 0. The third-order valence-electron chi connectivity index (χ3n) is 6.28. The van der Waals surface area contributed by atoms with E-state index in [1.54, 1.807) is 0 Å². The number of aliphatic carboxylic acids is 1. The van der Waals surface area contributed by atoms with Crippen molar-refractivity contribution >= 4 is 18.0 Å². The van der Waals surface area contributed by atoms with Crippen LogP contribution in [0.2, 0.25) is 0 Å². The summed E-state index contributed by atoms with van der Waals surface area (Å²) in [4.78, 5) is 36.1. The van der Waals surface area contributed by atoms with E-state index in [0.717, 1.165) is 35.1 Å². The molecular formula is C27H34N2O5. The lowest BCUT2D eigenvalue weighted by molar-refractivity contribution is -0.137. The Morgan fingerprint density at radius 3 is 2.09 bits per heavy atom. The van der Waals surface area contributed by atoms with E-state index in [4.69, 9.17) is 9.84 Å². The normalized spacial score (nSPS) is 13.9. The number of carbonyl (C=O) groups excluding carboxylic acids is 2. The van der Waals surface area contributed by atoms with Crippen molar-refractivity contribution in [2.75, 3.05) is 6.61 Å². The second-order valence-electron chi connectivity index (χ2n) is 8.78. The van der Waals surface area contributed by atoms with E-state index in [1.807, 2.05) is 38.1 Å². The Hall–Kier alpha value is -3.35. The van der Waals surface area contributed by atoms with Gasteiger partial charge in [-0.3, -0.25) is 9.59 Å². The molecule has 0 saturated heterocycles. The average Bonchev–Trinajstić information content (AvgIpc) is 3.14. The lowest BCUT2D eigenvalue weighted by Crippen LogP contribution is -2.42. The highest BCUT2D eigenvalue weighted by Gasteiger charge is 2.29. The number of rotatable bonds is 12. The number of carboxylic acids is 1. The number of ether oxygens (including phenoxy) is 1. The summed E-state index contributed by atoms with van der Waals surface area (Å²) in [5, 5.41) is 14.6. The lowest BCUT2D eigenvalue weighted by Gasteiger charge is -2.21. The van der Waals surface area contributed by atoms with Gasteiger partial charge in [-0.2, -0.15) is 0 Å². The topological polar surface area (TPSA) is 105 Å². The number of carbonyl (C=O) groups is 3. The van der Waals surface area contributed by atoms with Crippen LogP contribution in [0.15, 0.2) is 48.5 Å². The summed E-state index contributed by atoms with van der Waals surface area (Å²) in [5.41, 5.74) is 4.61. The van der Waals surface area contributed by atoms with Crippen molar-refractivity contribution in [3.05, 3.63) is 59.7 Å². The van der Waals surface area contributed by atoms with Gasteiger partial charge in [0.15, 0.2) is 0 Å². The molecule has 0 saturated carbocycles. The molecular weight excluding hydrogens is 432 g/mol. The Balaban J connectivity index is 1.59. The van der Waals surface area contributed by atoms with Crippen LogP contribution in [0.5, 0.6) is 0 Å². The first-order chi connectivity index (χ1) is 16.4. The van der Waals surface area contributed by atoms with Crippen LogP contribution < -0.4 is 10.6 Å². The van der Waals surface area contributed by atoms with Crippen molar-refractivity contribution in [1.82, 2.24) is 10.6 Å². The van der Waals surface area contributed by atoms with Crippen molar-refractivity contribution in [3.63, 3.8) is 0 Å². The zero-order valence-electron chi connectivity index (χ0n) is 19.9. The van der Waals surface area contributed by atoms with Gasteiger partial charge in [-0.25, -0.2) is 4.79 Å². The van der Waals surface area contributed by atoms with Gasteiger partial charge < -0.3 is 20.5 Å². The zero-order chi connectivity index (χ0) is 24.5. The Morgan fingerprint density at radius 1 is 0.912 bits per heavy atom. The summed E-state index contributed by atoms with van der Waals surface area (Å²) in [6.45, 7) is 4.09. The molecule has 0 heterocycles. The van der Waals surface area contributed by atoms with Gasteiger partial charge in [-0.15, -0.1) is 0 Å². The quantitative estimate of drug-likeness (QED) is 0.415. The highest BCUT2D eigenvalue weighted by Crippen LogP contribution is 2.44. The molecule has 3 rings (SSSR count). The molecule has 1 aliphatic carbocycles. The SMILES string of the molecule is CCCC[C@@H](CC(=O)N[C@H](CC)CC(=O)O)NC(=O)OCC1c2ccccc2-c2ccccc21. The number of nitrogens with one attached hydrogen (secondary N) is 2. The maximum Gasteiger partial charge on any atom is 0.407 e. The number of amides is 2. The van der Waals surface area contributed by atoms with Gasteiger partial charge in [0, 0.05) is 24.4 Å². The van der Waals surface area contributed by atoms with Gasteiger partial charge >= 0.3 is 12.1 Å². The molecule has 2 aromatic carbocycles. The molecule has 7 heteroatoms. The smallest absolute Gasteiger partial charge is 0.407 e. The highest BCUT2D eigenvalue weighted by molar-refractivity contribution is 5.80. The van der Waals surface area contributed by atoms with Crippen molar-refractivity contribution in [1.29, 1.82) is 0 Å². The van der Waals surface area contributed by atoms with Crippen LogP contribution in [0.4, 0.5) is 4.79 Å². The Morgan fingerprint density at radius 2 is 1.53 bits per heavy atom. The van der Waals surface area contributed by atoms with E-state index in [-0.39, 0.29) is 37.3 Å². The maximum atomic E-state index is 12.7. The summed E-state index contributed by atoms with van der Waals surface area (Å²) in [5.74, 6) is -1.25. The summed E-state index contributed by atoms with van der Waals surface area (Å²) < 4.78 is 5.63. The number of unbranched alkanes of at least 4 members (excludes halogenated alkanes) is 1. The van der Waals surface area contributed by atoms with Crippen LogP contribution in [0, 0.1) is 0 Å². The van der Waals surface area contributed by atoms with E-state index in [1.165, 1.54) is 0 Å². The average molecular weight is 467 g/mol. The molecule has 34 heavy (non-hydrogen) atoms. The minimum Gasteiger partial charge on any atom is -0.481 e. The third-order valence-corrected chi connectivity index (χ3v) is 6.28. The number of hydrogen-bond acceptors (Lipinski definition) is 4. The van der Waals surface area contributed by atoms with Gasteiger partial charge in [0.25, 0.3) is 0 Å². The minimum absolute atomic E-state index is 0.0307. The molecule has 3 N–H and O–H groups in total. The first-order valence-corrected chi connectivity index (χ1v) is 12.1. The number of alkyl carbamates (subject to hydrolysis) is 1. The molecule has 0 fully saturated rings. The van der Waals surface area contributed by atoms with E-state index in [2.05, 4.69) is 34.9 Å². The molecule has 0 unspecified atom stereocenters. The molecule has 0 aromatic heterocycles. The molecule has 2 atom stereocenters. The molecule has 0 radical (unpaired) electrons. The Labute approximate surface area is 200 Å². The first-order valence-electron chi connectivity index (χ1n) is 12.1. The fraction of sp³-hybridized carbons (Fsp3) is 0.444. The number of hydrogen-bond donors (Lipinski definition) is 3. The summed E-state index contributed by atoms with van der Waals surface area (Å²) >= 11 is 0. The monoisotopic (exact) mass is 466 g/mol. The second kappa shape index (κ2) is 12.2. The largest absolute Gasteiger partial charge is 0.481 e. The van der Waals surface area contributed by atoms with Crippen LogP contribution in [-0.2, 0) is 14.3 Å². The molecule has 182 valence electrons. The van der Waals surface area contributed by atoms with Gasteiger partial charge in [0.2, 0.25) is 5.91 Å². The van der Waals surface area contributed by atoms with Crippen molar-refractivity contribution in [2.24, 2.45) is 0 Å². The molecule has 1 aliphatic rings. The van der Waals surface area contributed by atoms with E-state index in [9.17, 15) is 14.4 Å². The second-order valence-corrected chi connectivity index (χ2v) is 8.78. The Kier molecular flexibility index (Phi) is 9.08. The van der Waals surface area contributed by atoms with Gasteiger partial charge in [-0.1, -0.05) is 75.2 Å². The molecule has 0 aliphatic heterocycles. The van der Waals surface area contributed by atoms with E-state index < -0.39 is 18.1 Å². The molecule has 2 amide bonds. The van der Waals surface area contributed by atoms with Crippen LogP contribution in [0.25, 0.3) is 11.1 Å². The number of fused-ring (bicyclic) bond motifs is 3. The van der Waals surface area contributed by atoms with Crippen LogP contribution in [-0.4, -0.2) is 41.8 Å². The predicted molar refractivity (Wildman–Crippen MR) is 131 cm³/mol. The van der Waals surface area contributed by atoms with Crippen LogP contribution in [0.3, 0.4) is 0 Å². The molecule has 2 aromatic rings. The number of benzene rings is 2.